The van der Waals surface area contributed by atoms with E-state index in [2.05, 4.69) is 5.32 Å². The quantitative estimate of drug-likeness (QED) is 0.742. The van der Waals surface area contributed by atoms with Gasteiger partial charge in [0.25, 0.3) is 11.8 Å². The standard InChI is InChI=1S/C18H20N2O4S/c1-11(13-6-4-3-5-7-13)10-15(21)24-12(2)17(23)20-18-14(16(19)22)8-9-25-18/h3-9,11-12H,10H2,1-2H3,(H2,19,22)(H,20,23)/t11-,12-/m1/s1. The van der Waals surface area contributed by atoms with Gasteiger partial charge in [0.2, 0.25) is 0 Å². The van der Waals surface area contributed by atoms with Crippen LogP contribution < -0.4 is 11.1 Å². The van der Waals surface area contributed by atoms with E-state index in [1.807, 2.05) is 37.3 Å². The second-order valence-corrected chi connectivity index (χ2v) is 6.58. The van der Waals surface area contributed by atoms with Crippen LogP contribution in [-0.4, -0.2) is 23.9 Å². The fourth-order valence-electron chi connectivity index (χ4n) is 2.26. The van der Waals surface area contributed by atoms with Crippen molar-refractivity contribution >= 4 is 34.1 Å². The Morgan fingerprint density at radius 3 is 2.48 bits per heavy atom. The SMILES string of the molecule is C[C@H](CC(=O)O[C@H](C)C(=O)Nc1sccc1C(N)=O)c1ccccc1. The normalized spacial score (nSPS) is 12.9. The molecule has 1 aromatic carbocycles. The van der Waals surface area contributed by atoms with Crippen molar-refractivity contribution in [3.63, 3.8) is 0 Å². The molecule has 0 spiro atoms. The highest BCUT2D eigenvalue weighted by molar-refractivity contribution is 7.14. The van der Waals surface area contributed by atoms with Crippen LogP contribution in [0.4, 0.5) is 5.00 Å². The molecule has 0 aliphatic heterocycles. The van der Waals surface area contributed by atoms with Gasteiger partial charge >= 0.3 is 5.97 Å². The number of primary amides is 1. The van der Waals surface area contributed by atoms with Gasteiger partial charge in [-0.05, 0) is 29.9 Å². The minimum Gasteiger partial charge on any atom is -0.453 e. The first kappa shape index (κ1) is 18.7. The van der Waals surface area contributed by atoms with Crippen LogP contribution in [0.25, 0.3) is 0 Å². The molecule has 0 saturated carbocycles. The van der Waals surface area contributed by atoms with Crippen molar-refractivity contribution < 1.29 is 19.1 Å². The van der Waals surface area contributed by atoms with Crippen molar-refractivity contribution in [1.82, 2.24) is 0 Å². The number of rotatable bonds is 7. The zero-order valence-electron chi connectivity index (χ0n) is 14.0. The van der Waals surface area contributed by atoms with E-state index in [1.54, 1.807) is 5.38 Å². The average Bonchev–Trinajstić information content (AvgIpc) is 3.03. The third-order valence-corrected chi connectivity index (χ3v) is 4.52. The van der Waals surface area contributed by atoms with Crippen LogP contribution in [0.15, 0.2) is 41.8 Å². The van der Waals surface area contributed by atoms with Crippen LogP contribution in [0.1, 0.15) is 42.1 Å². The molecule has 6 nitrogen and oxygen atoms in total. The fraction of sp³-hybridized carbons (Fsp3) is 0.278. The van der Waals surface area contributed by atoms with Crippen LogP contribution in [0.2, 0.25) is 0 Å². The number of amides is 2. The summed E-state index contributed by atoms with van der Waals surface area (Å²) >= 11 is 1.18. The monoisotopic (exact) mass is 360 g/mol. The summed E-state index contributed by atoms with van der Waals surface area (Å²) in [5, 5.41) is 4.56. The zero-order chi connectivity index (χ0) is 18.4. The highest BCUT2D eigenvalue weighted by Gasteiger charge is 2.22. The molecule has 2 rings (SSSR count). The summed E-state index contributed by atoms with van der Waals surface area (Å²) in [6.45, 7) is 3.41. The Bertz CT molecular complexity index is 757. The summed E-state index contributed by atoms with van der Waals surface area (Å²) < 4.78 is 5.19. The molecule has 0 aliphatic carbocycles. The van der Waals surface area contributed by atoms with Crippen LogP contribution in [0, 0.1) is 0 Å². The van der Waals surface area contributed by atoms with E-state index in [9.17, 15) is 14.4 Å². The lowest BCUT2D eigenvalue weighted by Gasteiger charge is -2.15. The second kappa shape index (κ2) is 8.43. The third-order valence-electron chi connectivity index (χ3n) is 3.69. The number of nitrogens with one attached hydrogen (secondary N) is 1. The number of nitrogens with two attached hydrogens (primary N) is 1. The van der Waals surface area contributed by atoms with Crippen LogP contribution in [0.3, 0.4) is 0 Å². The van der Waals surface area contributed by atoms with E-state index < -0.39 is 23.9 Å². The minimum atomic E-state index is -0.974. The van der Waals surface area contributed by atoms with Gasteiger partial charge in [-0.25, -0.2) is 0 Å². The molecule has 0 bridgehead atoms. The molecule has 0 fully saturated rings. The average molecular weight is 360 g/mol. The maximum atomic E-state index is 12.1. The van der Waals surface area contributed by atoms with Gasteiger partial charge in [0, 0.05) is 0 Å². The molecule has 1 aromatic heterocycles. The highest BCUT2D eigenvalue weighted by atomic mass is 32.1. The van der Waals surface area contributed by atoms with Gasteiger partial charge in [-0.3, -0.25) is 14.4 Å². The first-order valence-corrected chi connectivity index (χ1v) is 8.69. The number of benzene rings is 1. The number of anilines is 1. The molecule has 7 heteroatoms. The summed E-state index contributed by atoms with van der Waals surface area (Å²) in [5.41, 5.74) is 6.49. The Kier molecular flexibility index (Phi) is 6.30. The Morgan fingerprint density at radius 1 is 1.16 bits per heavy atom. The lowest BCUT2D eigenvalue weighted by Crippen LogP contribution is -2.30. The van der Waals surface area contributed by atoms with E-state index in [1.165, 1.54) is 24.3 Å². The first-order chi connectivity index (χ1) is 11.9. The predicted molar refractivity (Wildman–Crippen MR) is 96.5 cm³/mol. The van der Waals surface area contributed by atoms with E-state index in [4.69, 9.17) is 10.5 Å². The summed E-state index contributed by atoms with van der Waals surface area (Å²) in [6, 6.07) is 11.1. The first-order valence-electron chi connectivity index (χ1n) is 7.81. The number of ether oxygens (including phenoxy) is 1. The molecule has 3 N–H and O–H groups in total. The molecule has 1 heterocycles. The summed E-state index contributed by atoms with van der Waals surface area (Å²) in [5.74, 6) is -1.61. The van der Waals surface area contributed by atoms with Crippen molar-refractivity contribution in [2.24, 2.45) is 5.73 Å². The van der Waals surface area contributed by atoms with E-state index in [-0.39, 0.29) is 17.9 Å². The molecule has 25 heavy (non-hydrogen) atoms. The second-order valence-electron chi connectivity index (χ2n) is 5.66. The lowest BCUT2D eigenvalue weighted by atomic mass is 9.98. The van der Waals surface area contributed by atoms with E-state index in [0.717, 1.165) is 5.56 Å². The van der Waals surface area contributed by atoms with E-state index >= 15 is 0 Å². The van der Waals surface area contributed by atoms with Gasteiger partial charge in [-0.1, -0.05) is 37.3 Å². The van der Waals surface area contributed by atoms with Gasteiger partial charge in [0.05, 0.1) is 12.0 Å². The number of thiophene rings is 1. The topological polar surface area (TPSA) is 98.5 Å². The maximum Gasteiger partial charge on any atom is 0.307 e. The fourth-order valence-corrected chi connectivity index (χ4v) is 3.06. The van der Waals surface area contributed by atoms with Gasteiger partial charge in [-0.15, -0.1) is 11.3 Å². The Balaban J connectivity index is 1.89. The molecule has 2 aromatic rings. The van der Waals surface area contributed by atoms with Gasteiger partial charge in [0.15, 0.2) is 6.10 Å². The maximum absolute atomic E-state index is 12.1. The Morgan fingerprint density at radius 2 is 1.84 bits per heavy atom. The van der Waals surface area contributed by atoms with Crippen molar-refractivity contribution in [3.05, 3.63) is 52.9 Å². The molecule has 0 aliphatic rings. The Hall–Kier alpha value is -2.67. The molecule has 0 unspecified atom stereocenters. The van der Waals surface area contributed by atoms with Crippen molar-refractivity contribution in [2.75, 3.05) is 5.32 Å². The summed E-state index contributed by atoms with van der Waals surface area (Å²) in [6.07, 6.45) is -0.800. The molecule has 2 amide bonds. The van der Waals surface area contributed by atoms with Crippen LogP contribution in [0.5, 0.6) is 0 Å². The molecular formula is C18H20N2O4S. The minimum absolute atomic E-state index is 0.0114. The van der Waals surface area contributed by atoms with Crippen molar-refractivity contribution in [3.8, 4) is 0 Å². The number of hydrogen-bond acceptors (Lipinski definition) is 5. The summed E-state index contributed by atoms with van der Waals surface area (Å²) in [4.78, 5) is 35.4. The Labute approximate surface area is 150 Å². The zero-order valence-corrected chi connectivity index (χ0v) is 14.8. The number of esters is 1. The van der Waals surface area contributed by atoms with E-state index in [0.29, 0.717) is 5.00 Å². The number of carbonyl (C=O) groups is 3. The van der Waals surface area contributed by atoms with Gasteiger partial charge in [0.1, 0.15) is 5.00 Å². The molecule has 0 saturated heterocycles. The lowest BCUT2D eigenvalue weighted by molar-refractivity contribution is -0.153. The van der Waals surface area contributed by atoms with Crippen molar-refractivity contribution in [2.45, 2.75) is 32.3 Å². The number of carbonyl (C=O) groups excluding carboxylic acids is 3. The highest BCUT2D eigenvalue weighted by Crippen LogP contribution is 2.23. The molecule has 2 atom stereocenters. The molecular weight excluding hydrogens is 340 g/mol. The van der Waals surface area contributed by atoms with Gasteiger partial charge in [-0.2, -0.15) is 0 Å². The summed E-state index contributed by atoms with van der Waals surface area (Å²) in [7, 11) is 0. The smallest absolute Gasteiger partial charge is 0.307 e. The third kappa shape index (κ3) is 5.15. The van der Waals surface area contributed by atoms with Gasteiger partial charge < -0.3 is 15.8 Å². The molecule has 132 valence electrons. The van der Waals surface area contributed by atoms with Crippen LogP contribution >= 0.6 is 11.3 Å². The van der Waals surface area contributed by atoms with Crippen LogP contribution in [-0.2, 0) is 14.3 Å². The molecule has 0 radical (unpaired) electrons. The van der Waals surface area contributed by atoms with Crippen molar-refractivity contribution in [1.29, 1.82) is 0 Å². The predicted octanol–water partition coefficient (Wildman–Crippen LogP) is 2.91. The number of hydrogen-bond donors (Lipinski definition) is 2. The largest absolute Gasteiger partial charge is 0.453 e.